The Morgan fingerprint density at radius 2 is 1.91 bits per heavy atom. The molecular weight excluding hydrogens is 475 g/mol. The molecule has 2 aromatic carbocycles. The number of alkyl halides is 3. The lowest BCUT2D eigenvalue weighted by Gasteiger charge is -2.32. The van der Waals surface area contributed by atoms with E-state index in [1.807, 2.05) is 12.3 Å². The Morgan fingerprint density at radius 1 is 1.21 bits per heavy atom. The molecule has 0 radical (unpaired) electrons. The molecule has 1 heterocycles. The van der Waals surface area contributed by atoms with E-state index in [-0.39, 0.29) is 31.6 Å². The number of nitro benzene ring substituents is 1. The van der Waals surface area contributed by atoms with Gasteiger partial charge in [0, 0.05) is 29.7 Å². The second-order valence-electron chi connectivity index (χ2n) is 7.61. The molecule has 1 fully saturated rings. The van der Waals surface area contributed by atoms with Crippen molar-refractivity contribution in [3.05, 3.63) is 58.1 Å². The molecule has 2 aromatic rings. The summed E-state index contributed by atoms with van der Waals surface area (Å²) in [5.74, 6) is -1.56. The first kappa shape index (κ1) is 25.3. The van der Waals surface area contributed by atoms with Crippen molar-refractivity contribution in [2.75, 3.05) is 36.2 Å². The summed E-state index contributed by atoms with van der Waals surface area (Å²) in [6.07, 6.45) is -2.21. The second-order valence-corrected chi connectivity index (χ2v) is 8.49. The number of nitrogens with one attached hydrogen (secondary N) is 1. The first-order valence-electron chi connectivity index (χ1n) is 10.3. The van der Waals surface area contributed by atoms with Crippen LogP contribution in [0.15, 0.2) is 47.4 Å². The Morgan fingerprint density at radius 3 is 2.53 bits per heavy atom. The maximum Gasteiger partial charge on any atom is 0.416 e. The van der Waals surface area contributed by atoms with Crippen LogP contribution in [0.2, 0.25) is 0 Å². The minimum absolute atomic E-state index is 0.0664. The number of thioether (sulfide) groups is 1. The smallest absolute Gasteiger partial charge is 0.416 e. The lowest BCUT2D eigenvalue weighted by Crippen LogP contribution is -2.37. The Bertz CT molecular complexity index is 1070. The molecule has 1 aliphatic heterocycles. The van der Waals surface area contributed by atoms with E-state index in [4.69, 9.17) is 4.74 Å². The van der Waals surface area contributed by atoms with Gasteiger partial charge in [0.1, 0.15) is 5.69 Å². The third-order valence-corrected chi connectivity index (χ3v) is 6.09. The number of hydrogen-bond acceptors (Lipinski definition) is 7. The van der Waals surface area contributed by atoms with Gasteiger partial charge in [0.15, 0.2) is 6.61 Å². The van der Waals surface area contributed by atoms with Crippen molar-refractivity contribution in [2.24, 2.45) is 5.92 Å². The maximum atomic E-state index is 12.9. The molecule has 0 aromatic heterocycles. The zero-order chi connectivity index (χ0) is 24.9. The van der Waals surface area contributed by atoms with Crippen molar-refractivity contribution < 1.29 is 32.4 Å². The van der Waals surface area contributed by atoms with E-state index < -0.39 is 46.8 Å². The summed E-state index contributed by atoms with van der Waals surface area (Å²) in [4.78, 5) is 37.5. The predicted molar refractivity (Wildman–Crippen MR) is 121 cm³/mol. The van der Waals surface area contributed by atoms with E-state index >= 15 is 0 Å². The van der Waals surface area contributed by atoms with E-state index in [2.05, 4.69) is 5.32 Å². The first-order valence-corrected chi connectivity index (χ1v) is 11.5. The van der Waals surface area contributed by atoms with Gasteiger partial charge in [0.05, 0.1) is 16.4 Å². The summed E-state index contributed by atoms with van der Waals surface area (Å²) in [6.45, 7) is -0.00773. The van der Waals surface area contributed by atoms with Gasteiger partial charge in [-0.2, -0.15) is 13.2 Å². The molecule has 0 saturated carbocycles. The van der Waals surface area contributed by atoms with Crippen LogP contribution in [0.1, 0.15) is 18.4 Å². The second kappa shape index (κ2) is 10.8. The molecule has 182 valence electrons. The minimum atomic E-state index is -4.69. The number of carbonyl (C=O) groups is 2. The van der Waals surface area contributed by atoms with E-state index in [0.717, 1.165) is 17.0 Å². The largest absolute Gasteiger partial charge is 0.455 e. The summed E-state index contributed by atoms with van der Waals surface area (Å²) in [6, 6.07) is 9.60. The van der Waals surface area contributed by atoms with Gasteiger partial charge in [-0.3, -0.25) is 19.7 Å². The molecule has 34 heavy (non-hydrogen) atoms. The Labute approximate surface area is 197 Å². The van der Waals surface area contributed by atoms with Crippen molar-refractivity contribution in [3.8, 4) is 0 Å². The number of halogens is 3. The van der Waals surface area contributed by atoms with Crippen LogP contribution in [-0.2, 0) is 20.5 Å². The van der Waals surface area contributed by atoms with Crippen LogP contribution in [0.4, 0.5) is 30.2 Å². The molecule has 0 aliphatic carbocycles. The van der Waals surface area contributed by atoms with Crippen LogP contribution in [-0.4, -0.2) is 42.8 Å². The standard InChI is InChI=1S/C22H22F3N3O5S/c1-34-17-4-2-3-16(12-17)26-20(29)13-33-21(30)14-7-9-27(10-8-14)18-6-5-15(22(23,24)25)11-19(18)28(31)32/h2-6,11-12,14H,7-10,13H2,1H3,(H,26,29). The quantitative estimate of drug-likeness (QED) is 0.255. The Hall–Kier alpha value is -3.28. The van der Waals surface area contributed by atoms with E-state index in [1.54, 1.807) is 23.1 Å². The zero-order valence-corrected chi connectivity index (χ0v) is 18.9. The number of nitrogens with zero attached hydrogens (tertiary/aromatic N) is 2. The third-order valence-electron chi connectivity index (χ3n) is 5.37. The van der Waals surface area contributed by atoms with Crippen molar-refractivity contribution in [3.63, 3.8) is 0 Å². The van der Waals surface area contributed by atoms with Gasteiger partial charge in [-0.15, -0.1) is 11.8 Å². The highest BCUT2D eigenvalue weighted by molar-refractivity contribution is 7.98. The van der Waals surface area contributed by atoms with Crippen LogP contribution >= 0.6 is 11.8 Å². The van der Waals surface area contributed by atoms with Crippen molar-refractivity contribution in [1.29, 1.82) is 0 Å². The number of nitro groups is 1. The molecule has 3 rings (SSSR count). The van der Waals surface area contributed by atoms with Gasteiger partial charge in [-0.1, -0.05) is 6.07 Å². The van der Waals surface area contributed by atoms with Crippen LogP contribution in [0.3, 0.4) is 0 Å². The monoisotopic (exact) mass is 497 g/mol. The predicted octanol–water partition coefficient (Wildman–Crippen LogP) is 4.73. The number of benzene rings is 2. The van der Waals surface area contributed by atoms with Crippen molar-refractivity contribution in [1.82, 2.24) is 0 Å². The van der Waals surface area contributed by atoms with Crippen molar-refractivity contribution in [2.45, 2.75) is 23.9 Å². The topological polar surface area (TPSA) is 102 Å². The Balaban J connectivity index is 1.54. The lowest BCUT2D eigenvalue weighted by molar-refractivity contribution is -0.384. The van der Waals surface area contributed by atoms with E-state index in [9.17, 15) is 32.9 Å². The average Bonchev–Trinajstić information content (AvgIpc) is 2.81. The molecule has 1 aliphatic rings. The zero-order valence-electron chi connectivity index (χ0n) is 18.1. The van der Waals surface area contributed by atoms with E-state index in [1.165, 1.54) is 11.8 Å². The fourth-order valence-corrected chi connectivity index (χ4v) is 4.08. The number of amides is 1. The highest BCUT2D eigenvalue weighted by Gasteiger charge is 2.35. The summed E-state index contributed by atoms with van der Waals surface area (Å²) >= 11 is 1.52. The fourth-order valence-electron chi connectivity index (χ4n) is 3.62. The first-order chi connectivity index (χ1) is 16.1. The fraction of sp³-hybridized carbons (Fsp3) is 0.364. The number of anilines is 2. The van der Waals surface area contributed by atoms with Crippen LogP contribution < -0.4 is 10.2 Å². The molecular formula is C22H22F3N3O5S. The summed E-state index contributed by atoms with van der Waals surface area (Å²) < 4.78 is 43.9. The van der Waals surface area contributed by atoms with Crippen LogP contribution in [0.25, 0.3) is 0 Å². The summed E-state index contributed by atoms with van der Waals surface area (Å²) in [7, 11) is 0. The third kappa shape index (κ3) is 6.40. The van der Waals surface area contributed by atoms with Gasteiger partial charge in [-0.05, 0) is 49.4 Å². The minimum Gasteiger partial charge on any atom is -0.455 e. The molecule has 0 spiro atoms. The molecule has 1 N–H and O–H groups in total. The van der Waals surface area contributed by atoms with Gasteiger partial charge < -0.3 is 15.0 Å². The number of carbonyl (C=O) groups excluding carboxylic acids is 2. The SMILES string of the molecule is CSc1cccc(NC(=O)COC(=O)C2CCN(c3ccc(C(F)(F)F)cc3[N+](=O)[O-])CC2)c1. The molecule has 0 unspecified atom stereocenters. The van der Waals surface area contributed by atoms with Gasteiger partial charge in [0.25, 0.3) is 11.6 Å². The molecule has 1 saturated heterocycles. The van der Waals surface area contributed by atoms with Crippen LogP contribution in [0, 0.1) is 16.0 Å². The normalized spacial score (nSPS) is 14.5. The van der Waals surface area contributed by atoms with Gasteiger partial charge in [0.2, 0.25) is 0 Å². The molecule has 0 bridgehead atoms. The molecule has 8 nitrogen and oxygen atoms in total. The Kier molecular flexibility index (Phi) is 8.02. The number of rotatable bonds is 7. The lowest BCUT2D eigenvalue weighted by atomic mass is 9.96. The molecule has 1 amide bonds. The molecule has 12 heteroatoms. The number of hydrogen-bond donors (Lipinski definition) is 1. The highest BCUT2D eigenvalue weighted by atomic mass is 32.2. The maximum absolute atomic E-state index is 12.9. The number of esters is 1. The number of piperidine rings is 1. The summed E-state index contributed by atoms with van der Waals surface area (Å²) in [5, 5.41) is 14.0. The van der Waals surface area contributed by atoms with Gasteiger partial charge in [-0.25, -0.2) is 0 Å². The van der Waals surface area contributed by atoms with E-state index in [0.29, 0.717) is 11.8 Å². The van der Waals surface area contributed by atoms with Gasteiger partial charge >= 0.3 is 12.1 Å². The van der Waals surface area contributed by atoms with Crippen LogP contribution in [0.5, 0.6) is 0 Å². The van der Waals surface area contributed by atoms with Crippen molar-refractivity contribution >= 4 is 40.7 Å². The highest BCUT2D eigenvalue weighted by Crippen LogP contribution is 2.37. The average molecular weight is 497 g/mol. The molecule has 0 atom stereocenters. The summed E-state index contributed by atoms with van der Waals surface area (Å²) in [5.41, 5.74) is -1.09. The number of ether oxygens (including phenoxy) is 1.